The van der Waals surface area contributed by atoms with Crippen molar-refractivity contribution in [1.82, 2.24) is 4.90 Å². The van der Waals surface area contributed by atoms with Crippen LogP contribution in [0.3, 0.4) is 0 Å². The van der Waals surface area contributed by atoms with Crippen molar-refractivity contribution in [3.8, 4) is 17.6 Å². The third-order valence-electron chi connectivity index (χ3n) is 5.65. The van der Waals surface area contributed by atoms with Crippen LogP contribution >= 0.6 is 0 Å². The highest BCUT2D eigenvalue weighted by Gasteiger charge is 2.34. The van der Waals surface area contributed by atoms with E-state index in [1.807, 2.05) is 6.07 Å². The molecule has 8 heteroatoms. The summed E-state index contributed by atoms with van der Waals surface area (Å²) < 4.78 is 24.8. The Bertz CT molecular complexity index is 1390. The third kappa shape index (κ3) is 5.00. The molecule has 0 spiro atoms. The molecule has 0 unspecified atom stereocenters. The van der Waals surface area contributed by atoms with Gasteiger partial charge in [-0.15, -0.1) is 0 Å². The maximum Gasteiger partial charge on any atom is 0.311 e. The van der Waals surface area contributed by atoms with E-state index in [1.54, 1.807) is 48.5 Å². The zero-order chi connectivity index (χ0) is 25.7. The van der Waals surface area contributed by atoms with Crippen LogP contribution in [0.15, 0.2) is 66.7 Å². The molecule has 180 valence electrons. The number of carbonyl (C=O) groups excluding carboxylic acids is 3. The number of rotatable bonds is 8. The number of nitrogens with zero attached hydrogens (tertiary/aromatic N) is 2. The van der Waals surface area contributed by atoms with Gasteiger partial charge in [-0.2, -0.15) is 5.26 Å². The highest BCUT2D eigenvalue weighted by atomic mass is 19.1. The number of hydrogen-bond donors (Lipinski definition) is 0. The van der Waals surface area contributed by atoms with Crippen molar-refractivity contribution in [2.45, 2.75) is 12.8 Å². The molecule has 0 atom stereocenters. The van der Waals surface area contributed by atoms with Crippen molar-refractivity contribution in [3.63, 3.8) is 0 Å². The number of fused-ring (bicyclic) bond motifs is 1. The smallest absolute Gasteiger partial charge is 0.311 e. The number of imide groups is 1. The average molecular weight is 484 g/mol. The SMILES string of the molecule is COc1cc(/C=C(/C#N)c2ccccc2F)ccc1OC(=O)CCCN1C(=O)c2ccccc2C1=O. The van der Waals surface area contributed by atoms with Crippen molar-refractivity contribution in [2.24, 2.45) is 0 Å². The average Bonchev–Trinajstić information content (AvgIpc) is 3.13. The van der Waals surface area contributed by atoms with Gasteiger partial charge in [-0.05, 0) is 48.4 Å². The van der Waals surface area contributed by atoms with Gasteiger partial charge >= 0.3 is 5.97 Å². The Morgan fingerprint density at radius 3 is 2.31 bits per heavy atom. The van der Waals surface area contributed by atoms with Crippen LogP contribution in [0.5, 0.6) is 11.5 Å². The lowest BCUT2D eigenvalue weighted by atomic mass is 10.0. The Labute approximate surface area is 207 Å². The van der Waals surface area contributed by atoms with Crippen molar-refractivity contribution in [2.75, 3.05) is 13.7 Å². The molecule has 0 saturated carbocycles. The largest absolute Gasteiger partial charge is 0.493 e. The minimum absolute atomic E-state index is 0.0237. The highest BCUT2D eigenvalue weighted by Crippen LogP contribution is 2.31. The van der Waals surface area contributed by atoms with Crippen LogP contribution in [-0.2, 0) is 4.79 Å². The number of esters is 1. The molecule has 1 aliphatic rings. The maximum atomic E-state index is 14.1. The van der Waals surface area contributed by atoms with Gasteiger partial charge in [-0.1, -0.05) is 36.4 Å². The van der Waals surface area contributed by atoms with Gasteiger partial charge in [0, 0.05) is 18.5 Å². The van der Waals surface area contributed by atoms with Crippen LogP contribution in [0.4, 0.5) is 4.39 Å². The predicted octanol–water partition coefficient (Wildman–Crippen LogP) is 4.88. The molecule has 4 rings (SSSR count). The molecule has 1 heterocycles. The van der Waals surface area contributed by atoms with Gasteiger partial charge in [0.1, 0.15) is 5.82 Å². The molecule has 0 fully saturated rings. The molecular formula is C28H21FN2O5. The maximum absolute atomic E-state index is 14.1. The van der Waals surface area contributed by atoms with E-state index < -0.39 is 11.8 Å². The van der Waals surface area contributed by atoms with Crippen molar-refractivity contribution >= 4 is 29.4 Å². The van der Waals surface area contributed by atoms with Crippen molar-refractivity contribution in [1.29, 1.82) is 5.26 Å². The molecule has 7 nitrogen and oxygen atoms in total. The molecule has 0 aliphatic carbocycles. The van der Waals surface area contributed by atoms with E-state index in [-0.39, 0.29) is 53.8 Å². The lowest BCUT2D eigenvalue weighted by Crippen LogP contribution is -2.31. The van der Waals surface area contributed by atoms with Gasteiger partial charge in [0.15, 0.2) is 11.5 Å². The summed E-state index contributed by atoms with van der Waals surface area (Å²) in [6, 6.07) is 19.3. The van der Waals surface area contributed by atoms with Gasteiger partial charge < -0.3 is 9.47 Å². The molecular weight excluding hydrogens is 463 g/mol. The van der Waals surface area contributed by atoms with Crippen LogP contribution < -0.4 is 9.47 Å². The molecule has 3 aromatic carbocycles. The second-order valence-electron chi connectivity index (χ2n) is 7.95. The number of allylic oxidation sites excluding steroid dienone is 1. The van der Waals surface area contributed by atoms with E-state index in [9.17, 15) is 24.0 Å². The zero-order valence-corrected chi connectivity index (χ0v) is 19.4. The first kappa shape index (κ1) is 24.4. The molecule has 36 heavy (non-hydrogen) atoms. The number of hydrogen-bond acceptors (Lipinski definition) is 6. The molecule has 0 N–H and O–H groups in total. The first-order valence-corrected chi connectivity index (χ1v) is 11.1. The minimum atomic E-state index is -0.558. The number of methoxy groups -OCH3 is 1. The Morgan fingerprint density at radius 2 is 1.67 bits per heavy atom. The van der Waals surface area contributed by atoms with E-state index in [1.165, 1.54) is 31.4 Å². The van der Waals surface area contributed by atoms with Crippen molar-refractivity contribution in [3.05, 3.63) is 94.8 Å². The number of halogens is 1. The summed E-state index contributed by atoms with van der Waals surface area (Å²) in [6.07, 6.45) is 1.72. The lowest BCUT2D eigenvalue weighted by molar-refractivity contribution is -0.134. The fourth-order valence-corrected chi connectivity index (χ4v) is 3.87. The summed E-state index contributed by atoms with van der Waals surface area (Å²) >= 11 is 0. The number of carbonyl (C=O) groups is 3. The molecule has 1 aliphatic heterocycles. The summed E-state index contributed by atoms with van der Waals surface area (Å²) in [5.74, 6) is -1.39. The Morgan fingerprint density at radius 1 is 1.00 bits per heavy atom. The van der Waals surface area contributed by atoms with Crippen LogP contribution in [0.25, 0.3) is 11.6 Å². The standard InChI is InChI=1S/C28H21FN2O5/c1-35-25-16-18(15-19(17-30)20-7-4-5-10-23(20)29)12-13-24(25)36-26(32)11-6-14-31-27(33)21-8-2-3-9-22(21)28(31)34/h2-5,7-10,12-13,15-16H,6,11,14H2,1H3/b19-15-. The van der Waals surface area contributed by atoms with Crippen molar-refractivity contribution < 1.29 is 28.2 Å². The number of nitriles is 1. The molecule has 0 radical (unpaired) electrons. The predicted molar refractivity (Wildman–Crippen MR) is 130 cm³/mol. The van der Waals surface area contributed by atoms with Crippen LogP contribution in [0.2, 0.25) is 0 Å². The highest BCUT2D eigenvalue weighted by molar-refractivity contribution is 6.21. The summed E-state index contributed by atoms with van der Waals surface area (Å²) in [7, 11) is 1.41. The molecule has 3 aromatic rings. The quantitative estimate of drug-likeness (QED) is 0.149. The third-order valence-corrected chi connectivity index (χ3v) is 5.65. The van der Waals surface area contributed by atoms with E-state index in [2.05, 4.69) is 0 Å². The Kier molecular flexibility index (Phi) is 7.21. The van der Waals surface area contributed by atoms with Gasteiger partial charge in [0.05, 0.1) is 29.9 Å². The van der Waals surface area contributed by atoms with E-state index in [0.717, 1.165) is 4.90 Å². The number of ether oxygens (including phenoxy) is 2. The summed E-state index contributed by atoms with van der Waals surface area (Å²) in [4.78, 5) is 38.4. The first-order valence-electron chi connectivity index (χ1n) is 11.1. The summed E-state index contributed by atoms with van der Waals surface area (Å²) in [6.45, 7) is 0.0926. The van der Waals surface area contributed by atoms with E-state index in [4.69, 9.17) is 9.47 Å². The summed E-state index contributed by atoms with van der Waals surface area (Å²) in [5, 5.41) is 9.48. The zero-order valence-electron chi connectivity index (χ0n) is 19.4. The van der Waals surface area contributed by atoms with Crippen LogP contribution in [0.1, 0.15) is 44.7 Å². The minimum Gasteiger partial charge on any atom is -0.493 e. The van der Waals surface area contributed by atoms with E-state index in [0.29, 0.717) is 16.7 Å². The van der Waals surface area contributed by atoms with Gasteiger partial charge in [0.25, 0.3) is 11.8 Å². The number of benzene rings is 3. The summed E-state index contributed by atoms with van der Waals surface area (Å²) in [5.41, 5.74) is 1.58. The fourth-order valence-electron chi connectivity index (χ4n) is 3.87. The van der Waals surface area contributed by atoms with E-state index >= 15 is 0 Å². The molecule has 2 amide bonds. The second kappa shape index (κ2) is 10.7. The first-order chi connectivity index (χ1) is 17.4. The lowest BCUT2D eigenvalue weighted by Gasteiger charge is -2.14. The normalized spacial score (nSPS) is 12.8. The van der Waals surface area contributed by atoms with Crippen LogP contribution in [-0.4, -0.2) is 36.3 Å². The monoisotopic (exact) mass is 484 g/mol. The van der Waals surface area contributed by atoms with Gasteiger partial charge in [-0.3, -0.25) is 19.3 Å². The van der Waals surface area contributed by atoms with Gasteiger partial charge in [0.2, 0.25) is 0 Å². The fraction of sp³-hybridized carbons (Fsp3) is 0.143. The molecule has 0 saturated heterocycles. The molecule has 0 bridgehead atoms. The Hall–Kier alpha value is -4.77. The molecule has 0 aromatic heterocycles. The Balaban J connectivity index is 1.39. The second-order valence-corrected chi connectivity index (χ2v) is 7.95. The number of amides is 2. The topological polar surface area (TPSA) is 96.7 Å². The van der Waals surface area contributed by atoms with Gasteiger partial charge in [-0.25, -0.2) is 4.39 Å². The van der Waals surface area contributed by atoms with Crippen LogP contribution in [0, 0.1) is 17.1 Å².